The minimum atomic E-state index is 0.603. The van der Waals surface area contributed by atoms with Crippen LogP contribution in [0.25, 0.3) is 111 Å². The van der Waals surface area contributed by atoms with Crippen molar-refractivity contribution in [1.29, 1.82) is 0 Å². The molecule has 6 heteroatoms. The zero-order chi connectivity index (χ0) is 37.5. The summed E-state index contributed by atoms with van der Waals surface area (Å²) < 4.78 is 11.8. The van der Waals surface area contributed by atoms with Gasteiger partial charge in [0.05, 0.1) is 22.1 Å². The second-order valence-electron chi connectivity index (χ2n) is 14.4. The Kier molecular flexibility index (Phi) is 6.83. The molecular formula is C51H31N5O. The molecule has 0 spiro atoms. The first-order valence-electron chi connectivity index (χ1n) is 19.1. The SMILES string of the molecule is c1ccc(-c2nc(-c3ccccc3)nc(-c3cccc(-n4c5ccccc5c5c4c4oc6ccccc6c4c4c6ccccc6n(-c6ccccc6)c45)c3)n2)cc1. The Morgan fingerprint density at radius 1 is 0.351 bits per heavy atom. The first kappa shape index (κ1) is 31.5. The summed E-state index contributed by atoms with van der Waals surface area (Å²) in [5, 5.41) is 6.85. The van der Waals surface area contributed by atoms with Gasteiger partial charge in [-0.25, -0.2) is 15.0 Å². The number of hydrogen-bond acceptors (Lipinski definition) is 4. The Labute approximate surface area is 326 Å². The van der Waals surface area contributed by atoms with Crippen molar-refractivity contribution < 1.29 is 4.42 Å². The molecule has 0 unspecified atom stereocenters. The first-order chi connectivity index (χ1) is 28.3. The van der Waals surface area contributed by atoms with E-state index in [0.29, 0.717) is 17.5 Å². The summed E-state index contributed by atoms with van der Waals surface area (Å²) in [5.74, 6) is 1.86. The first-order valence-corrected chi connectivity index (χ1v) is 19.1. The summed E-state index contributed by atoms with van der Waals surface area (Å²) in [6.45, 7) is 0. The van der Waals surface area contributed by atoms with E-state index in [2.05, 4.69) is 130 Å². The second kappa shape index (κ2) is 12.3. The number of furan rings is 1. The summed E-state index contributed by atoms with van der Waals surface area (Å²) in [4.78, 5) is 15.1. The smallest absolute Gasteiger partial charge is 0.164 e. The molecule has 0 atom stereocenters. The van der Waals surface area contributed by atoms with Gasteiger partial charge in [0.25, 0.3) is 0 Å². The topological polar surface area (TPSA) is 61.7 Å². The molecule has 0 aliphatic rings. The summed E-state index contributed by atoms with van der Waals surface area (Å²) in [6.07, 6.45) is 0. The zero-order valence-electron chi connectivity index (χ0n) is 30.5. The van der Waals surface area contributed by atoms with Crippen LogP contribution in [0, 0.1) is 0 Å². The van der Waals surface area contributed by atoms with E-state index in [1.54, 1.807) is 0 Å². The molecule has 0 amide bonds. The van der Waals surface area contributed by atoms with Crippen LogP contribution in [0.1, 0.15) is 0 Å². The van der Waals surface area contributed by atoms with E-state index < -0.39 is 0 Å². The number of benzene rings is 8. The summed E-state index contributed by atoms with van der Waals surface area (Å²) >= 11 is 0. The molecule has 0 saturated carbocycles. The van der Waals surface area contributed by atoms with E-state index in [-0.39, 0.29) is 0 Å². The third-order valence-electron chi connectivity index (χ3n) is 11.1. The minimum Gasteiger partial charge on any atom is -0.454 e. The maximum absolute atomic E-state index is 7.01. The van der Waals surface area contributed by atoms with Gasteiger partial charge in [-0.2, -0.15) is 0 Å². The maximum Gasteiger partial charge on any atom is 0.164 e. The average molecular weight is 730 g/mol. The Balaban J connectivity index is 1.21. The van der Waals surface area contributed by atoms with Crippen molar-refractivity contribution in [2.75, 3.05) is 0 Å². The number of aromatic nitrogens is 5. The fourth-order valence-corrected chi connectivity index (χ4v) is 8.72. The summed E-state index contributed by atoms with van der Waals surface area (Å²) in [5.41, 5.74) is 10.9. The number of rotatable bonds is 5. The van der Waals surface area contributed by atoms with Gasteiger partial charge in [-0.15, -0.1) is 0 Å². The fraction of sp³-hybridized carbons (Fsp3) is 0. The van der Waals surface area contributed by atoms with Crippen molar-refractivity contribution >= 4 is 65.6 Å². The van der Waals surface area contributed by atoms with Gasteiger partial charge < -0.3 is 13.6 Å². The molecule has 6 nitrogen and oxygen atoms in total. The molecule has 266 valence electrons. The van der Waals surface area contributed by atoms with E-state index in [1.807, 2.05) is 66.7 Å². The third-order valence-corrected chi connectivity index (χ3v) is 11.1. The highest BCUT2D eigenvalue weighted by Crippen LogP contribution is 2.49. The van der Waals surface area contributed by atoms with Crippen molar-refractivity contribution in [3.63, 3.8) is 0 Å². The highest BCUT2D eigenvalue weighted by molar-refractivity contribution is 6.39. The van der Waals surface area contributed by atoms with Crippen molar-refractivity contribution in [3.05, 3.63) is 188 Å². The van der Waals surface area contributed by atoms with Crippen molar-refractivity contribution in [2.45, 2.75) is 0 Å². The quantitative estimate of drug-likeness (QED) is 0.177. The van der Waals surface area contributed by atoms with E-state index in [4.69, 9.17) is 19.4 Å². The van der Waals surface area contributed by atoms with Gasteiger partial charge in [0.15, 0.2) is 23.1 Å². The Bertz CT molecular complexity index is 3450. The summed E-state index contributed by atoms with van der Waals surface area (Å²) in [7, 11) is 0. The van der Waals surface area contributed by atoms with Gasteiger partial charge in [-0.05, 0) is 42.5 Å². The van der Waals surface area contributed by atoms with Gasteiger partial charge in [-0.1, -0.05) is 146 Å². The number of nitrogens with zero attached hydrogens (tertiary/aromatic N) is 5. The normalized spacial score (nSPS) is 11.9. The van der Waals surface area contributed by atoms with E-state index in [0.717, 1.165) is 82.8 Å². The van der Waals surface area contributed by atoms with E-state index in [9.17, 15) is 0 Å². The Morgan fingerprint density at radius 3 is 1.47 bits per heavy atom. The van der Waals surface area contributed by atoms with Crippen LogP contribution in [0.2, 0.25) is 0 Å². The van der Waals surface area contributed by atoms with E-state index in [1.165, 1.54) is 10.8 Å². The fourth-order valence-electron chi connectivity index (χ4n) is 8.72. The monoisotopic (exact) mass is 729 g/mol. The molecule has 0 fully saturated rings. The average Bonchev–Trinajstić information content (AvgIpc) is 3.95. The lowest BCUT2D eigenvalue weighted by Crippen LogP contribution is -2.01. The van der Waals surface area contributed by atoms with Gasteiger partial charge >= 0.3 is 0 Å². The lowest BCUT2D eigenvalue weighted by Gasteiger charge is -2.12. The molecule has 12 aromatic rings. The molecule has 0 aliphatic carbocycles. The molecule has 0 bridgehead atoms. The van der Waals surface area contributed by atoms with Crippen LogP contribution >= 0.6 is 0 Å². The van der Waals surface area contributed by atoms with Crippen LogP contribution in [0.5, 0.6) is 0 Å². The number of fused-ring (bicyclic) bond motifs is 12. The predicted molar refractivity (Wildman–Crippen MR) is 232 cm³/mol. The highest BCUT2D eigenvalue weighted by atomic mass is 16.3. The highest BCUT2D eigenvalue weighted by Gasteiger charge is 2.27. The van der Waals surface area contributed by atoms with Crippen LogP contribution in [0.15, 0.2) is 192 Å². The molecule has 0 saturated heterocycles. The van der Waals surface area contributed by atoms with E-state index >= 15 is 0 Å². The zero-order valence-corrected chi connectivity index (χ0v) is 30.5. The second-order valence-corrected chi connectivity index (χ2v) is 14.4. The Morgan fingerprint density at radius 2 is 0.825 bits per heavy atom. The van der Waals surface area contributed by atoms with Crippen LogP contribution in [0.4, 0.5) is 0 Å². The molecule has 57 heavy (non-hydrogen) atoms. The van der Waals surface area contributed by atoms with Crippen LogP contribution in [-0.4, -0.2) is 24.1 Å². The standard InChI is InChI=1S/C51H31N5O/c1-4-17-32(18-5-1)49-52-50(33-19-6-2-7-20-33)54-51(53-49)34-21-16-24-36(31-34)56-41-29-14-11-26-38(41)45-46-43(44-39-27-12-15-30-42(39)57-48(44)47(45)56)37-25-10-13-28-40(37)55(46)35-22-8-3-9-23-35/h1-31H. The minimum absolute atomic E-state index is 0.603. The van der Waals surface area contributed by atoms with Crippen molar-refractivity contribution in [1.82, 2.24) is 24.1 Å². The van der Waals surface area contributed by atoms with Crippen LogP contribution in [-0.2, 0) is 0 Å². The predicted octanol–water partition coefficient (Wildman–Crippen LogP) is 13.0. The molecule has 0 radical (unpaired) electrons. The van der Waals surface area contributed by atoms with Crippen molar-refractivity contribution in [2.24, 2.45) is 0 Å². The Hall–Kier alpha value is -7.83. The molecule has 4 heterocycles. The largest absolute Gasteiger partial charge is 0.454 e. The number of para-hydroxylation sites is 4. The molecule has 4 aromatic heterocycles. The lowest BCUT2D eigenvalue weighted by molar-refractivity contribution is 0.671. The molecular weight excluding hydrogens is 699 g/mol. The van der Waals surface area contributed by atoms with Crippen LogP contribution < -0.4 is 0 Å². The van der Waals surface area contributed by atoms with Gasteiger partial charge in [0.1, 0.15) is 5.58 Å². The van der Waals surface area contributed by atoms with Gasteiger partial charge in [-0.3, -0.25) is 0 Å². The van der Waals surface area contributed by atoms with Gasteiger partial charge in [0.2, 0.25) is 0 Å². The third kappa shape index (κ3) is 4.74. The van der Waals surface area contributed by atoms with Crippen molar-refractivity contribution in [3.8, 4) is 45.5 Å². The van der Waals surface area contributed by atoms with Crippen LogP contribution in [0.3, 0.4) is 0 Å². The van der Waals surface area contributed by atoms with Gasteiger partial charge in [0, 0.05) is 60.4 Å². The number of hydrogen-bond donors (Lipinski definition) is 0. The molecule has 12 rings (SSSR count). The maximum atomic E-state index is 7.01. The molecule has 8 aromatic carbocycles. The molecule has 0 aliphatic heterocycles. The summed E-state index contributed by atoms with van der Waals surface area (Å²) in [6, 6.07) is 65.3. The lowest BCUT2D eigenvalue weighted by atomic mass is 10.0. The molecule has 0 N–H and O–H groups in total.